The van der Waals surface area contributed by atoms with Gasteiger partial charge in [0.1, 0.15) is 17.4 Å². The van der Waals surface area contributed by atoms with E-state index in [9.17, 15) is 9.50 Å². The Labute approximate surface area is 117 Å². The first kappa shape index (κ1) is 14.2. The maximum Gasteiger partial charge on any atom is 0.162 e. The normalized spacial score (nSPS) is 10.9. The van der Waals surface area contributed by atoms with Gasteiger partial charge in [-0.25, -0.2) is 14.4 Å². The Morgan fingerprint density at radius 3 is 2.45 bits per heavy atom. The van der Waals surface area contributed by atoms with E-state index in [0.29, 0.717) is 11.4 Å². The second-order valence-corrected chi connectivity index (χ2v) is 5.00. The molecular formula is C15H18FN3O. The Bertz CT molecular complexity index is 621. The summed E-state index contributed by atoms with van der Waals surface area (Å²) in [5, 5.41) is 12.5. The molecule has 4 nitrogen and oxygen atoms in total. The third-order valence-corrected chi connectivity index (χ3v) is 3.09. The summed E-state index contributed by atoms with van der Waals surface area (Å²) < 4.78 is 13.4. The number of nitrogens with zero attached hydrogens (tertiary/aromatic N) is 2. The number of phenolic OH excluding ortho intramolecular Hbond substituents is 1. The number of aryl methyl sites for hydroxylation is 1. The van der Waals surface area contributed by atoms with E-state index < -0.39 is 5.82 Å². The molecule has 2 aromatic rings. The zero-order valence-electron chi connectivity index (χ0n) is 12.0. The molecule has 0 aliphatic carbocycles. The number of benzene rings is 1. The van der Waals surface area contributed by atoms with Crippen molar-refractivity contribution in [2.45, 2.75) is 26.7 Å². The lowest BCUT2D eigenvalue weighted by Gasteiger charge is -2.15. The minimum atomic E-state index is -0.514. The van der Waals surface area contributed by atoms with E-state index in [0.717, 1.165) is 23.1 Å². The van der Waals surface area contributed by atoms with Crippen LogP contribution in [0.3, 0.4) is 0 Å². The van der Waals surface area contributed by atoms with Gasteiger partial charge in [0, 0.05) is 29.9 Å². The molecule has 2 rings (SSSR count). The highest BCUT2D eigenvalue weighted by Crippen LogP contribution is 2.29. The molecule has 0 aliphatic heterocycles. The van der Waals surface area contributed by atoms with Crippen molar-refractivity contribution >= 4 is 5.82 Å². The topological polar surface area (TPSA) is 58.0 Å². The van der Waals surface area contributed by atoms with Crippen LogP contribution in [0.2, 0.25) is 0 Å². The zero-order chi connectivity index (χ0) is 14.9. The maximum atomic E-state index is 13.4. The van der Waals surface area contributed by atoms with E-state index in [1.807, 2.05) is 6.92 Å². The number of hydrogen-bond donors (Lipinski definition) is 2. The molecule has 0 radical (unpaired) electrons. The van der Waals surface area contributed by atoms with Crippen molar-refractivity contribution in [3.05, 3.63) is 35.3 Å². The number of hydrogen-bond acceptors (Lipinski definition) is 4. The maximum absolute atomic E-state index is 13.4. The van der Waals surface area contributed by atoms with Crippen molar-refractivity contribution in [2.24, 2.45) is 0 Å². The SMILES string of the molecule is CNc1nc(-c2cc(O)cc(F)c2)nc(C)c1C(C)C. The first-order valence-corrected chi connectivity index (χ1v) is 6.48. The summed E-state index contributed by atoms with van der Waals surface area (Å²) in [5.41, 5.74) is 2.34. The number of nitrogens with one attached hydrogen (secondary N) is 1. The molecule has 2 N–H and O–H groups in total. The third kappa shape index (κ3) is 2.71. The molecule has 0 saturated carbocycles. The van der Waals surface area contributed by atoms with Crippen molar-refractivity contribution in [2.75, 3.05) is 12.4 Å². The molecule has 0 unspecified atom stereocenters. The van der Waals surface area contributed by atoms with Crippen LogP contribution in [-0.4, -0.2) is 22.1 Å². The molecule has 0 bridgehead atoms. The number of halogens is 1. The van der Waals surface area contributed by atoms with E-state index in [1.54, 1.807) is 7.05 Å². The van der Waals surface area contributed by atoms with Gasteiger partial charge in [0.2, 0.25) is 0 Å². The molecule has 0 spiro atoms. The number of rotatable bonds is 3. The standard InChI is InChI=1S/C15H18FN3O/c1-8(2)13-9(3)18-14(19-15(13)17-4)10-5-11(16)7-12(20)6-10/h5-8,20H,1-4H3,(H,17,18,19). The lowest BCUT2D eigenvalue weighted by atomic mass is 10.0. The fourth-order valence-electron chi connectivity index (χ4n) is 2.30. The first-order chi connectivity index (χ1) is 9.42. The number of aromatic hydroxyl groups is 1. The van der Waals surface area contributed by atoms with Crippen LogP contribution in [0.5, 0.6) is 5.75 Å². The molecule has 0 amide bonds. The molecule has 1 aromatic carbocycles. The minimum absolute atomic E-state index is 0.139. The van der Waals surface area contributed by atoms with E-state index >= 15 is 0 Å². The number of phenols is 1. The van der Waals surface area contributed by atoms with Gasteiger partial charge in [-0.15, -0.1) is 0 Å². The zero-order valence-corrected chi connectivity index (χ0v) is 12.0. The Kier molecular flexibility index (Phi) is 3.88. The van der Waals surface area contributed by atoms with Crippen LogP contribution in [-0.2, 0) is 0 Å². The van der Waals surface area contributed by atoms with Crippen molar-refractivity contribution in [1.82, 2.24) is 9.97 Å². The van der Waals surface area contributed by atoms with Crippen LogP contribution in [0.25, 0.3) is 11.4 Å². The Morgan fingerprint density at radius 1 is 1.20 bits per heavy atom. The second kappa shape index (κ2) is 5.45. The fraction of sp³-hybridized carbons (Fsp3) is 0.333. The predicted molar refractivity (Wildman–Crippen MR) is 77.5 cm³/mol. The van der Waals surface area contributed by atoms with E-state index in [2.05, 4.69) is 29.1 Å². The van der Waals surface area contributed by atoms with Crippen LogP contribution in [0, 0.1) is 12.7 Å². The van der Waals surface area contributed by atoms with Crippen molar-refractivity contribution in [1.29, 1.82) is 0 Å². The second-order valence-electron chi connectivity index (χ2n) is 5.00. The van der Waals surface area contributed by atoms with Crippen LogP contribution >= 0.6 is 0 Å². The van der Waals surface area contributed by atoms with Gasteiger partial charge in [-0.3, -0.25) is 0 Å². The van der Waals surface area contributed by atoms with Crippen molar-refractivity contribution < 1.29 is 9.50 Å². The van der Waals surface area contributed by atoms with Gasteiger partial charge < -0.3 is 10.4 Å². The smallest absolute Gasteiger partial charge is 0.162 e. The molecule has 0 aliphatic rings. The van der Waals surface area contributed by atoms with Crippen LogP contribution < -0.4 is 5.32 Å². The molecule has 0 saturated heterocycles. The monoisotopic (exact) mass is 275 g/mol. The Hall–Kier alpha value is -2.17. The molecule has 20 heavy (non-hydrogen) atoms. The van der Waals surface area contributed by atoms with Gasteiger partial charge in [0.25, 0.3) is 0 Å². The summed E-state index contributed by atoms with van der Waals surface area (Å²) in [5.74, 6) is 0.755. The summed E-state index contributed by atoms with van der Waals surface area (Å²) in [6.07, 6.45) is 0. The predicted octanol–water partition coefficient (Wildman–Crippen LogP) is 3.46. The average molecular weight is 275 g/mol. The van der Waals surface area contributed by atoms with Gasteiger partial charge in [-0.05, 0) is 25.0 Å². The highest BCUT2D eigenvalue weighted by atomic mass is 19.1. The summed E-state index contributed by atoms with van der Waals surface area (Å²) >= 11 is 0. The van der Waals surface area contributed by atoms with Crippen LogP contribution in [0.1, 0.15) is 31.0 Å². The van der Waals surface area contributed by atoms with Gasteiger partial charge in [0.05, 0.1) is 0 Å². The lowest BCUT2D eigenvalue weighted by molar-refractivity contribution is 0.469. The largest absolute Gasteiger partial charge is 0.508 e. The van der Waals surface area contributed by atoms with E-state index in [4.69, 9.17) is 0 Å². The summed E-state index contributed by atoms with van der Waals surface area (Å²) in [4.78, 5) is 8.85. The fourth-order valence-corrected chi connectivity index (χ4v) is 2.30. The quantitative estimate of drug-likeness (QED) is 0.900. The minimum Gasteiger partial charge on any atom is -0.508 e. The summed E-state index contributed by atoms with van der Waals surface area (Å²) in [6.45, 7) is 6.04. The highest BCUT2D eigenvalue weighted by Gasteiger charge is 2.15. The summed E-state index contributed by atoms with van der Waals surface area (Å²) in [6, 6.07) is 3.81. The van der Waals surface area contributed by atoms with E-state index in [-0.39, 0.29) is 11.7 Å². The Morgan fingerprint density at radius 2 is 1.90 bits per heavy atom. The van der Waals surface area contributed by atoms with Gasteiger partial charge in [-0.1, -0.05) is 13.8 Å². The summed E-state index contributed by atoms with van der Waals surface area (Å²) in [7, 11) is 1.79. The number of aromatic nitrogens is 2. The highest BCUT2D eigenvalue weighted by molar-refractivity contribution is 5.62. The average Bonchev–Trinajstić information content (AvgIpc) is 2.35. The molecular weight excluding hydrogens is 257 g/mol. The van der Waals surface area contributed by atoms with Gasteiger partial charge in [0.15, 0.2) is 5.82 Å². The van der Waals surface area contributed by atoms with Gasteiger partial charge in [-0.2, -0.15) is 0 Å². The lowest BCUT2D eigenvalue weighted by Crippen LogP contribution is -2.07. The molecule has 106 valence electrons. The van der Waals surface area contributed by atoms with E-state index in [1.165, 1.54) is 12.1 Å². The first-order valence-electron chi connectivity index (χ1n) is 6.48. The van der Waals surface area contributed by atoms with Crippen LogP contribution in [0.15, 0.2) is 18.2 Å². The van der Waals surface area contributed by atoms with Crippen molar-refractivity contribution in [3.8, 4) is 17.1 Å². The van der Waals surface area contributed by atoms with Crippen molar-refractivity contribution in [3.63, 3.8) is 0 Å². The molecule has 1 heterocycles. The Balaban J connectivity index is 2.61. The molecule has 0 atom stereocenters. The molecule has 0 fully saturated rings. The third-order valence-electron chi connectivity index (χ3n) is 3.09. The van der Waals surface area contributed by atoms with Crippen LogP contribution in [0.4, 0.5) is 10.2 Å². The van der Waals surface area contributed by atoms with Gasteiger partial charge >= 0.3 is 0 Å². The molecule has 1 aromatic heterocycles. The number of anilines is 1. The molecule has 5 heteroatoms.